The molecule has 0 aliphatic carbocycles. The number of ether oxygens (including phenoxy) is 2. The summed E-state index contributed by atoms with van der Waals surface area (Å²) in [5, 5.41) is 0. The van der Waals surface area contributed by atoms with Gasteiger partial charge in [0.1, 0.15) is 6.61 Å². The van der Waals surface area contributed by atoms with Gasteiger partial charge in [0.15, 0.2) is 0 Å². The van der Waals surface area contributed by atoms with Crippen molar-refractivity contribution in [1.82, 2.24) is 0 Å². The van der Waals surface area contributed by atoms with Gasteiger partial charge >= 0.3 is 5.97 Å². The van der Waals surface area contributed by atoms with E-state index in [1.807, 2.05) is 13.8 Å². The van der Waals surface area contributed by atoms with E-state index < -0.39 is 0 Å². The van der Waals surface area contributed by atoms with Gasteiger partial charge in [0.2, 0.25) is 0 Å². The van der Waals surface area contributed by atoms with Gasteiger partial charge in [-0.3, -0.25) is 4.79 Å². The lowest BCUT2D eigenvalue weighted by Crippen LogP contribution is -2.27. The molecule has 0 amide bonds. The Balaban J connectivity index is 2.10. The van der Waals surface area contributed by atoms with Crippen LogP contribution < -0.4 is 5.73 Å². The SMILES string of the molecule is CC(N)CCCC(C)C(=O)OCC1CCCCO1. The maximum absolute atomic E-state index is 11.8. The fourth-order valence-corrected chi connectivity index (χ4v) is 2.12. The van der Waals surface area contributed by atoms with Crippen molar-refractivity contribution in [1.29, 1.82) is 0 Å². The maximum Gasteiger partial charge on any atom is 0.308 e. The van der Waals surface area contributed by atoms with Crippen molar-refractivity contribution in [2.24, 2.45) is 11.7 Å². The first-order valence-electron chi connectivity index (χ1n) is 7.13. The number of carbonyl (C=O) groups excluding carboxylic acids is 1. The van der Waals surface area contributed by atoms with E-state index in [2.05, 4.69) is 0 Å². The second-order valence-corrected chi connectivity index (χ2v) is 5.43. The van der Waals surface area contributed by atoms with E-state index in [-0.39, 0.29) is 24.0 Å². The lowest BCUT2D eigenvalue weighted by molar-refractivity contribution is -0.153. The molecule has 0 aromatic rings. The molecule has 0 radical (unpaired) electrons. The molecule has 0 saturated carbocycles. The van der Waals surface area contributed by atoms with E-state index in [1.165, 1.54) is 6.42 Å². The normalized spacial score (nSPS) is 23.4. The number of esters is 1. The van der Waals surface area contributed by atoms with Crippen LogP contribution in [0.15, 0.2) is 0 Å². The zero-order valence-electron chi connectivity index (χ0n) is 11.7. The molecule has 2 N–H and O–H groups in total. The van der Waals surface area contributed by atoms with Gasteiger partial charge in [-0.1, -0.05) is 13.3 Å². The molecule has 1 saturated heterocycles. The molecule has 106 valence electrons. The van der Waals surface area contributed by atoms with E-state index in [0.717, 1.165) is 38.7 Å². The van der Waals surface area contributed by atoms with Gasteiger partial charge in [0.25, 0.3) is 0 Å². The van der Waals surface area contributed by atoms with Crippen LogP contribution in [0.5, 0.6) is 0 Å². The zero-order valence-corrected chi connectivity index (χ0v) is 11.7. The molecule has 1 rings (SSSR count). The summed E-state index contributed by atoms with van der Waals surface area (Å²) in [5.74, 6) is -0.138. The highest BCUT2D eigenvalue weighted by molar-refractivity contribution is 5.71. The van der Waals surface area contributed by atoms with Gasteiger partial charge in [-0.15, -0.1) is 0 Å². The Morgan fingerprint density at radius 3 is 2.78 bits per heavy atom. The van der Waals surface area contributed by atoms with Gasteiger partial charge in [-0.2, -0.15) is 0 Å². The van der Waals surface area contributed by atoms with Crippen LogP contribution in [0.4, 0.5) is 0 Å². The zero-order chi connectivity index (χ0) is 13.4. The van der Waals surface area contributed by atoms with Gasteiger partial charge in [0, 0.05) is 12.6 Å². The average molecular weight is 257 g/mol. The molecule has 0 spiro atoms. The Labute approximate surface area is 110 Å². The van der Waals surface area contributed by atoms with Crippen molar-refractivity contribution in [3.63, 3.8) is 0 Å². The van der Waals surface area contributed by atoms with Crippen LogP contribution in [-0.4, -0.2) is 31.3 Å². The predicted molar refractivity (Wildman–Crippen MR) is 71.2 cm³/mol. The molecule has 3 unspecified atom stereocenters. The third-order valence-electron chi connectivity index (χ3n) is 3.38. The van der Waals surface area contributed by atoms with Crippen molar-refractivity contribution in [2.45, 2.75) is 64.5 Å². The van der Waals surface area contributed by atoms with E-state index in [0.29, 0.717) is 6.61 Å². The van der Waals surface area contributed by atoms with Crippen LogP contribution in [0.1, 0.15) is 52.4 Å². The number of hydrogen-bond acceptors (Lipinski definition) is 4. The molecule has 3 atom stereocenters. The van der Waals surface area contributed by atoms with Crippen LogP contribution in [0.25, 0.3) is 0 Å². The third kappa shape index (κ3) is 6.36. The van der Waals surface area contributed by atoms with Crippen LogP contribution in [0.3, 0.4) is 0 Å². The predicted octanol–water partition coefficient (Wildman–Crippen LogP) is 2.25. The summed E-state index contributed by atoms with van der Waals surface area (Å²) in [4.78, 5) is 11.8. The monoisotopic (exact) mass is 257 g/mol. The van der Waals surface area contributed by atoms with Gasteiger partial charge in [-0.05, 0) is 39.0 Å². The molecule has 18 heavy (non-hydrogen) atoms. The molecule has 4 nitrogen and oxygen atoms in total. The molecule has 4 heteroatoms. The van der Waals surface area contributed by atoms with Crippen molar-refractivity contribution < 1.29 is 14.3 Å². The highest BCUT2D eigenvalue weighted by Crippen LogP contribution is 2.15. The van der Waals surface area contributed by atoms with Crippen molar-refractivity contribution in [3.8, 4) is 0 Å². The molecule has 1 fully saturated rings. The second kappa shape index (κ2) is 8.48. The summed E-state index contributed by atoms with van der Waals surface area (Å²) in [6.45, 7) is 5.12. The first-order valence-corrected chi connectivity index (χ1v) is 7.13. The summed E-state index contributed by atoms with van der Waals surface area (Å²) in [7, 11) is 0. The van der Waals surface area contributed by atoms with Gasteiger partial charge in [-0.25, -0.2) is 0 Å². The minimum absolute atomic E-state index is 0.0349. The fourth-order valence-electron chi connectivity index (χ4n) is 2.12. The molecule has 1 aliphatic rings. The topological polar surface area (TPSA) is 61.6 Å². The highest BCUT2D eigenvalue weighted by atomic mass is 16.6. The van der Waals surface area contributed by atoms with E-state index >= 15 is 0 Å². The maximum atomic E-state index is 11.8. The molecule has 1 heterocycles. The minimum Gasteiger partial charge on any atom is -0.463 e. The molecule has 0 bridgehead atoms. The van der Waals surface area contributed by atoms with E-state index in [4.69, 9.17) is 15.2 Å². The molecule has 0 aromatic heterocycles. The first-order chi connectivity index (χ1) is 8.59. The number of hydrogen-bond donors (Lipinski definition) is 1. The Hall–Kier alpha value is -0.610. The fraction of sp³-hybridized carbons (Fsp3) is 0.929. The third-order valence-corrected chi connectivity index (χ3v) is 3.38. The lowest BCUT2D eigenvalue weighted by Gasteiger charge is -2.22. The Kier molecular flexibility index (Phi) is 7.28. The van der Waals surface area contributed by atoms with Crippen LogP contribution >= 0.6 is 0 Å². The summed E-state index contributed by atoms with van der Waals surface area (Å²) in [6.07, 6.45) is 6.21. The van der Waals surface area contributed by atoms with Crippen LogP contribution in [-0.2, 0) is 14.3 Å². The molecule has 1 aliphatic heterocycles. The van der Waals surface area contributed by atoms with Crippen molar-refractivity contribution >= 4 is 5.97 Å². The van der Waals surface area contributed by atoms with E-state index in [1.54, 1.807) is 0 Å². The Morgan fingerprint density at radius 1 is 1.39 bits per heavy atom. The Bertz CT molecular complexity index is 237. The lowest BCUT2D eigenvalue weighted by atomic mass is 10.0. The largest absolute Gasteiger partial charge is 0.463 e. The highest BCUT2D eigenvalue weighted by Gasteiger charge is 2.19. The molecular formula is C14H27NO3. The second-order valence-electron chi connectivity index (χ2n) is 5.43. The average Bonchev–Trinajstić information content (AvgIpc) is 2.36. The molecular weight excluding hydrogens is 230 g/mol. The van der Waals surface area contributed by atoms with Crippen molar-refractivity contribution in [3.05, 3.63) is 0 Å². The summed E-state index contributed by atoms with van der Waals surface area (Å²) in [5.41, 5.74) is 5.68. The van der Waals surface area contributed by atoms with Gasteiger partial charge < -0.3 is 15.2 Å². The van der Waals surface area contributed by atoms with E-state index in [9.17, 15) is 4.79 Å². The Morgan fingerprint density at radius 2 is 2.17 bits per heavy atom. The number of nitrogens with two attached hydrogens (primary N) is 1. The van der Waals surface area contributed by atoms with Crippen LogP contribution in [0, 0.1) is 5.92 Å². The van der Waals surface area contributed by atoms with Gasteiger partial charge in [0.05, 0.1) is 12.0 Å². The standard InChI is InChI=1S/C14H27NO3/c1-11(6-5-7-12(2)15)14(16)18-10-13-8-3-4-9-17-13/h11-13H,3-10,15H2,1-2H3. The van der Waals surface area contributed by atoms with Crippen molar-refractivity contribution in [2.75, 3.05) is 13.2 Å². The summed E-state index contributed by atoms with van der Waals surface area (Å²) >= 11 is 0. The number of carbonyl (C=O) groups is 1. The smallest absolute Gasteiger partial charge is 0.308 e. The molecule has 0 aromatic carbocycles. The minimum atomic E-state index is -0.103. The summed E-state index contributed by atoms with van der Waals surface area (Å²) < 4.78 is 10.8. The summed E-state index contributed by atoms with van der Waals surface area (Å²) in [6, 6.07) is 0.212. The quantitative estimate of drug-likeness (QED) is 0.711. The van der Waals surface area contributed by atoms with Crippen LogP contribution in [0.2, 0.25) is 0 Å². The first kappa shape index (κ1) is 15.4. The number of rotatable bonds is 7.